The Bertz CT molecular complexity index is 1310. The molecule has 7 heteroatoms. The Morgan fingerprint density at radius 1 is 1.23 bits per heavy atom. The predicted molar refractivity (Wildman–Crippen MR) is 120 cm³/mol. The summed E-state index contributed by atoms with van der Waals surface area (Å²) >= 11 is 1.35. The second-order valence-corrected chi connectivity index (χ2v) is 7.70. The number of hydrogen-bond donors (Lipinski definition) is 1. The molecule has 0 spiro atoms. The van der Waals surface area contributed by atoms with Crippen LogP contribution < -0.4 is 15.6 Å². The van der Waals surface area contributed by atoms with Crippen LogP contribution in [0.3, 0.4) is 0 Å². The van der Waals surface area contributed by atoms with Gasteiger partial charge >= 0.3 is 0 Å². The first-order chi connectivity index (χ1) is 14.5. The number of aryl methyl sites for hydroxylation is 2. The lowest BCUT2D eigenvalue weighted by molar-refractivity contribution is 0.102. The molecule has 0 bridgehead atoms. The fourth-order valence-corrected chi connectivity index (χ4v) is 4.27. The minimum Gasteiger partial charge on any atom is -0.497 e. The van der Waals surface area contributed by atoms with Crippen LogP contribution in [0.1, 0.15) is 28.4 Å². The maximum Gasteiger partial charge on any atom is 0.271 e. The number of nitrogens with zero attached hydrogens (tertiary/aromatic N) is 2. The zero-order valence-corrected chi connectivity index (χ0v) is 17.7. The standard InChI is InChI=1S/C23H21N3O3S/c1-4-15-8-5-7-14(2)20(15)25-21(27)18-12-24-23-26(22(18)28)19(13-30-23)16-9-6-10-17(11-16)29-3/h5-13H,4H2,1-3H3,(H,25,27). The number of methoxy groups -OCH3 is 1. The monoisotopic (exact) mass is 419 g/mol. The van der Waals surface area contributed by atoms with E-state index in [1.165, 1.54) is 21.9 Å². The molecule has 152 valence electrons. The Labute approximate surface area is 177 Å². The molecule has 0 saturated carbocycles. The fourth-order valence-electron chi connectivity index (χ4n) is 3.42. The van der Waals surface area contributed by atoms with Crippen LogP contribution in [0.25, 0.3) is 16.2 Å². The van der Waals surface area contributed by atoms with E-state index in [0.717, 1.165) is 28.8 Å². The van der Waals surface area contributed by atoms with Crippen molar-refractivity contribution < 1.29 is 9.53 Å². The fraction of sp³-hybridized carbons (Fsp3) is 0.174. The van der Waals surface area contributed by atoms with Gasteiger partial charge in [-0.2, -0.15) is 0 Å². The van der Waals surface area contributed by atoms with Crippen molar-refractivity contribution in [1.29, 1.82) is 0 Å². The molecule has 30 heavy (non-hydrogen) atoms. The number of anilines is 1. The summed E-state index contributed by atoms with van der Waals surface area (Å²) in [6.07, 6.45) is 2.13. The third kappa shape index (κ3) is 3.48. The molecule has 0 atom stereocenters. The molecule has 0 saturated heterocycles. The smallest absolute Gasteiger partial charge is 0.271 e. The molecule has 0 aliphatic rings. The zero-order chi connectivity index (χ0) is 21.3. The van der Waals surface area contributed by atoms with Crippen LogP contribution in [0.5, 0.6) is 5.75 Å². The van der Waals surface area contributed by atoms with Gasteiger partial charge in [-0.15, -0.1) is 11.3 Å². The van der Waals surface area contributed by atoms with Gasteiger partial charge in [0.1, 0.15) is 11.3 Å². The van der Waals surface area contributed by atoms with Crippen molar-refractivity contribution in [3.05, 3.63) is 81.1 Å². The first kappa shape index (κ1) is 19.8. The summed E-state index contributed by atoms with van der Waals surface area (Å²) in [5.74, 6) is 0.224. The molecule has 2 heterocycles. The Balaban J connectivity index is 1.79. The van der Waals surface area contributed by atoms with Crippen LogP contribution in [-0.2, 0) is 6.42 Å². The minimum absolute atomic E-state index is 0.000326. The van der Waals surface area contributed by atoms with E-state index in [1.807, 2.05) is 61.7 Å². The molecule has 0 aliphatic carbocycles. The van der Waals surface area contributed by atoms with Crippen LogP contribution >= 0.6 is 11.3 Å². The number of rotatable bonds is 5. The largest absolute Gasteiger partial charge is 0.497 e. The molecule has 2 aromatic carbocycles. The highest BCUT2D eigenvalue weighted by Crippen LogP contribution is 2.27. The van der Waals surface area contributed by atoms with Gasteiger partial charge in [0.25, 0.3) is 11.5 Å². The SMILES string of the molecule is CCc1cccc(C)c1NC(=O)c1cnc2scc(-c3cccc(OC)c3)n2c1=O. The Morgan fingerprint density at radius 3 is 2.80 bits per heavy atom. The van der Waals surface area contributed by atoms with Crippen LogP contribution in [0.4, 0.5) is 5.69 Å². The van der Waals surface area contributed by atoms with E-state index in [2.05, 4.69) is 10.3 Å². The van der Waals surface area contributed by atoms with Gasteiger partial charge in [-0.05, 0) is 36.6 Å². The highest BCUT2D eigenvalue weighted by atomic mass is 32.1. The summed E-state index contributed by atoms with van der Waals surface area (Å²) in [6.45, 7) is 3.96. The number of carbonyl (C=O) groups is 1. The van der Waals surface area contributed by atoms with E-state index < -0.39 is 11.5 Å². The average molecular weight is 420 g/mol. The van der Waals surface area contributed by atoms with Gasteiger partial charge in [0.05, 0.1) is 12.8 Å². The predicted octanol–water partition coefficient (Wildman–Crippen LogP) is 4.55. The van der Waals surface area contributed by atoms with Crippen LogP contribution in [0, 0.1) is 6.92 Å². The van der Waals surface area contributed by atoms with E-state index in [-0.39, 0.29) is 5.56 Å². The number of hydrogen-bond acceptors (Lipinski definition) is 5. The summed E-state index contributed by atoms with van der Waals surface area (Å²) in [5, 5.41) is 4.77. The molecular formula is C23H21N3O3S. The Hall–Kier alpha value is -3.45. The first-order valence-electron chi connectivity index (χ1n) is 9.57. The molecule has 2 aromatic heterocycles. The van der Waals surface area contributed by atoms with E-state index >= 15 is 0 Å². The van der Waals surface area contributed by atoms with Crippen molar-refractivity contribution in [2.75, 3.05) is 12.4 Å². The van der Waals surface area contributed by atoms with E-state index in [4.69, 9.17) is 4.74 Å². The molecule has 0 unspecified atom stereocenters. The minimum atomic E-state index is -0.464. The van der Waals surface area contributed by atoms with Crippen LogP contribution in [-0.4, -0.2) is 22.4 Å². The van der Waals surface area contributed by atoms with Crippen LogP contribution in [0.15, 0.2) is 58.8 Å². The number of ether oxygens (including phenoxy) is 1. The summed E-state index contributed by atoms with van der Waals surface area (Å²) in [7, 11) is 1.59. The molecule has 0 aliphatic heterocycles. The third-order valence-corrected chi connectivity index (χ3v) is 5.87. The third-order valence-electron chi connectivity index (χ3n) is 5.03. The first-order valence-corrected chi connectivity index (χ1v) is 10.4. The number of nitrogens with one attached hydrogen (secondary N) is 1. The molecule has 4 rings (SSSR count). The second-order valence-electron chi connectivity index (χ2n) is 6.86. The molecule has 6 nitrogen and oxygen atoms in total. The van der Waals surface area contributed by atoms with Gasteiger partial charge in [0.15, 0.2) is 4.96 Å². The van der Waals surface area contributed by atoms with Gasteiger partial charge in [-0.1, -0.05) is 37.3 Å². The number of thiazole rings is 1. The molecule has 0 fully saturated rings. The lowest BCUT2D eigenvalue weighted by atomic mass is 10.1. The number of amides is 1. The van der Waals surface area contributed by atoms with Crippen molar-refractivity contribution in [3.8, 4) is 17.0 Å². The summed E-state index contributed by atoms with van der Waals surface area (Å²) in [5.41, 5.74) is 3.80. The van der Waals surface area contributed by atoms with Gasteiger partial charge in [-0.25, -0.2) is 4.98 Å². The van der Waals surface area contributed by atoms with Crippen molar-refractivity contribution >= 4 is 27.9 Å². The molecule has 1 amide bonds. The maximum atomic E-state index is 13.2. The van der Waals surface area contributed by atoms with Crippen LogP contribution in [0.2, 0.25) is 0 Å². The number of benzene rings is 2. The lowest BCUT2D eigenvalue weighted by Crippen LogP contribution is -2.27. The molecule has 4 aromatic rings. The van der Waals surface area contributed by atoms with E-state index in [9.17, 15) is 9.59 Å². The van der Waals surface area contributed by atoms with Gasteiger partial charge in [-0.3, -0.25) is 14.0 Å². The van der Waals surface area contributed by atoms with Crippen molar-refractivity contribution in [3.63, 3.8) is 0 Å². The highest BCUT2D eigenvalue weighted by Gasteiger charge is 2.19. The van der Waals surface area contributed by atoms with Crippen molar-refractivity contribution in [2.24, 2.45) is 0 Å². The second kappa shape index (κ2) is 8.12. The van der Waals surface area contributed by atoms with Gasteiger partial charge in [0.2, 0.25) is 0 Å². The lowest BCUT2D eigenvalue weighted by Gasteiger charge is -2.13. The zero-order valence-electron chi connectivity index (χ0n) is 16.9. The quantitative estimate of drug-likeness (QED) is 0.515. The summed E-state index contributed by atoms with van der Waals surface area (Å²) in [4.78, 5) is 31.1. The molecule has 1 N–H and O–H groups in total. The summed E-state index contributed by atoms with van der Waals surface area (Å²) < 4.78 is 6.77. The van der Waals surface area contributed by atoms with Gasteiger partial charge in [0, 0.05) is 22.8 Å². The number of para-hydroxylation sites is 1. The number of aromatic nitrogens is 2. The summed E-state index contributed by atoms with van der Waals surface area (Å²) in [6, 6.07) is 13.3. The average Bonchev–Trinajstić information content (AvgIpc) is 3.20. The normalized spacial score (nSPS) is 10.9. The maximum absolute atomic E-state index is 13.2. The van der Waals surface area contributed by atoms with E-state index in [0.29, 0.717) is 16.4 Å². The number of carbonyl (C=O) groups excluding carboxylic acids is 1. The number of fused-ring (bicyclic) bond motifs is 1. The molecule has 0 radical (unpaired) electrons. The van der Waals surface area contributed by atoms with Gasteiger partial charge < -0.3 is 10.1 Å². The highest BCUT2D eigenvalue weighted by molar-refractivity contribution is 7.15. The van der Waals surface area contributed by atoms with Crippen molar-refractivity contribution in [1.82, 2.24) is 9.38 Å². The topological polar surface area (TPSA) is 72.7 Å². The van der Waals surface area contributed by atoms with E-state index in [1.54, 1.807) is 7.11 Å². The van der Waals surface area contributed by atoms with Crippen molar-refractivity contribution in [2.45, 2.75) is 20.3 Å². The Kier molecular flexibility index (Phi) is 5.37. The molecular weight excluding hydrogens is 398 g/mol. The Morgan fingerprint density at radius 2 is 2.03 bits per heavy atom.